The maximum Gasteiger partial charge on any atom is 0.411 e. The summed E-state index contributed by atoms with van der Waals surface area (Å²) in [6.07, 6.45) is -3.98. The Morgan fingerprint density at radius 1 is 1.39 bits per heavy atom. The van der Waals surface area contributed by atoms with Crippen molar-refractivity contribution in [2.45, 2.75) is 25.6 Å². The minimum atomic E-state index is -4.29. The largest absolute Gasteiger partial charge is 0.411 e. The summed E-state index contributed by atoms with van der Waals surface area (Å²) in [5.74, 6) is 0. The molecule has 0 saturated heterocycles. The monoisotopic (exact) mass is 281 g/mol. The lowest BCUT2D eigenvalue weighted by Crippen LogP contribution is -2.19. The van der Waals surface area contributed by atoms with E-state index in [9.17, 15) is 13.2 Å². The number of alkyl halides is 3. The molecule has 0 spiro atoms. The molecule has 1 aromatic rings. The molecule has 0 heterocycles. The van der Waals surface area contributed by atoms with Gasteiger partial charge in [0.05, 0.1) is 0 Å². The van der Waals surface area contributed by atoms with Crippen LogP contribution in [0.15, 0.2) is 18.2 Å². The van der Waals surface area contributed by atoms with Crippen molar-refractivity contribution in [1.29, 1.82) is 0 Å². The Morgan fingerprint density at radius 3 is 2.61 bits per heavy atom. The molecule has 0 fully saturated rings. The zero-order chi connectivity index (χ0) is 13.8. The Hall–Kier alpha value is -0.780. The van der Waals surface area contributed by atoms with Gasteiger partial charge in [-0.1, -0.05) is 23.7 Å². The molecule has 0 aromatic heterocycles. The third-order valence-electron chi connectivity index (χ3n) is 2.46. The van der Waals surface area contributed by atoms with Gasteiger partial charge in [0.25, 0.3) is 0 Å². The standard InChI is InChI=1S/C12H15ClF3NO/c1-8-2-3-9(6-10(8)13)11(17)4-5-18-7-12(14,15)16/h2-3,6,11H,4-5,7,17H2,1H3. The quantitative estimate of drug-likeness (QED) is 0.837. The van der Waals surface area contributed by atoms with Gasteiger partial charge in [0.2, 0.25) is 0 Å². The van der Waals surface area contributed by atoms with Crippen LogP contribution in [0.2, 0.25) is 5.02 Å². The number of benzene rings is 1. The molecule has 2 nitrogen and oxygen atoms in total. The summed E-state index contributed by atoms with van der Waals surface area (Å²) in [5.41, 5.74) is 7.57. The number of ether oxygens (including phenoxy) is 1. The average molecular weight is 282 g/mol. The summed E-state index contributed by atoms with van der Waals surface area (Å²) >= 11 is 5.94. The lowest BCUT2D eigenvalue weighted by Gasteiger charge is -2.14. The first-order valence-corrected chi connectivity index (χ1v) is 5.83. The summed E-state index contributed by atoms with van der Waals surface area (Å²) in [6, 6.07) is 4.99. The van der Waals surface area contributed by atoms with Gasteiger partial charge in [0, 0.05) is 17.7 Å². The summed E-state index contributed by atoms with van der Waals surface area (Å²) in [5, 5.41) is 0.596. The second kappa shape index (κ2) is 6.41. The summed E-state index contributed by atoms with van der Waals surface area (Å²) in [6.45, 7) is 0.588. The van der Waals surface area contributed by atoms with Crippen molar-refractivity contribution in [2.24, 2.45) is 5.73 Å². The second-order valence-electron chi connectivity index (χ2n) is 4.07. The van der Waals surface area contributed by atoms with Crippen LogP contribution < -0.4 is 5.73 Å². The number of hydrogen-bond acceptors (Lipinski definition) is 2. The molecule has 1 rings (SSSR count). The molecule has 0 aliphatic carbocycles. The van der Waals surface area contributed by atoms with Gasteiger partial charge in [-0.25, -0.2) is 0 Å². The molecule has 0 aliphatic heterocycles. The van der Waals surface area contributed by atoms with Gasteiger partial charge >= 0.3 is 6.18 Å². The van der Waals surface area contributed by atoms with E-state index in [4.69, 9.17) is 17.3 Å². The highest BCUT2D eigenvalue weighted by Gasteiger charge is 2.27. The van der Waals surface area contributed by atoms with Crippen molar-refractivity contribution in [1.82, 2.24) is 0 Å². The molecule has 0 bridgehead atoms. The topological polar surface area (TPSA) is 35.2 Å². The van der Waals surface area contributed by atoms with Crippen LogP contribution in [-0.2, 0) is 4.74 Å². The lowest BCUT2D eigenvalue weighted by molar-refractivity contribution is -0.174. The van der Waals surface area contributed by atoms with Crippen LogP contribution in [0.5, 0.6) is 0 Å². The first-order valence-electron chi connectivity index (χ1n) is 5.46. The maximum absolute atomic E-state index is 11.8. The van der Waals surface area contributed by atoms with E-state index in [1.54, 1.807) is 6.07 Å². The smallest absolute Gasteiger partial charge is 0.372 e. The molecular weight excluding hydrogens is 267 g/mol. The van der Waals surface area contributed by atoms with Crippen LogP contribution in [0.4, 0.5) is 13.2 Å². The van der Waals surface area contributed by atoms with E-state index in [0.29, 0.717) is 11.4 Å². The molecule has 1 unspecified atom stereocenters. The van der Waals surface area contributed by atoms with Gasteiger partial charge < -0.3 is 10.5 Å². The SMILES string of the molecule is Cc1ccc(C(N)CCOCC(F)(F)F)cc1Cl. The number of aryl methyl sites for hydroxylation is 1. The fourth-order valence-corrected chi connectivity index (χ4v) is 1.59. The Balaban J connectivity index is 2.41. The van der Waals surface area contributed by atoms with Crippen LogP contribution in [-0.4, -0.2) is 19.4 Å². The molecule has 18 heavy (non-hydrogen) atoms. The minimum Gasteiger partial charge on any atom is -0.372 e. The molecule has 0 saturated carbocycles. The van der Waals surface area contributed by atoms with Gasteiger partial charge in [-0.2, -0.15) is 13.2 Å². The van der Waals surface area contributed by atoms with Crippen LogP contribution in [0.1, 0.15) is 23.6 Å². The molecule has 102 valence electrons. The predicted octanol–water partition coefficient (Wildman–Crippen LogP) is 3.62. The van der Waals surface area contributed by atoms with E-state index in [1.165, 1.54) is 0 Å². The lowest BCUT2D eigenvalue weighted by atomic mass is 10.0. The summed E-state index contributed by atoms with van der Waals surface area (Å²) in [7, 11) is 0. The van der Waals surface area contributed by atoms with Crippen molar-refractivity contribution in [3.05, 3.63) is 34.3 Å². The number of hydrogen-bond donors (Lipinski definition) is 1. The number of rotatable bonds is 5. The van der Waals surface area contributed by atoms with Gasteiger partial charge in [-0.3, -0.25) is 0 Å². The van der Waals surface area contributed by atoms with E-state index in [0.717, 1.165) is 11.1 Å². The third kappa shape index (κ3) is 5.25. The zero-order valence-electron chi connectivity index (χ0n) is 9.93. The maximum atomic E-state index is 11.8. The van der Waals surface area contributed by atoms with Crippen molar-refractivity contribution in [3.63, 3.8) is 0 Å². The predicted molar refractivity (Wildman–Crippen MR) is 64.6 cm³/mol. The highest BCUT2D eigenvalue weighted by molar-refractivity contribution is 6.31. The molecule has 0 aliphatic rings. The van der Waals surface area contributed by atoms with Crippen molar-refractivity contribution >= 4 is 11.6 Å². The zero-order valence-corrected chi connectivity index (χ0v) is 10.7. The molecular formula is C12H15ClF3NO. The van der Waals surface area contributed by atoms with Crippen molar-refractivity contribution in [2.75, 3.05) is 13.2 Å². The van der Waals surface area contributed by atoms with Gasteiger partial charge in [-0.15, -0.1) is 0 Å². The van der Waals surface area contributed by atoms with E-state index < -0.39 is 12.8 Å². The minimum absolute atomic E-state index is 0.0355. The third-order valence-corrected chi connectivity index (χ3v) is 2.87. The Bertz CT molecular complexity index is 395. The fraction of sp³-hybridized carbons (Fsp3) is 0.500. The van der Waals surface area contributed by atoms with Crippen LogP contribution in [0.3, 0.4) is 0 Å². The average Bonchev–Trinajstić information content (AvgIpc) is 2.26. The van der Waals surface area contributed by atoms with Crippen molar-refractivity contribution < 1.29 is 17.9 Å². The fourth-order valence-electron chi connectivity index (χ4n) is 1.40. The number of nitrogens with two attached hydrogens (primary N) is 1. The van der Waals surface area contributed by atoms with E-state index in [-0.39, 0.29) is 12.6 Å². The summed E-state index contributed by atoms with van der Waals surface area (Å²) in [4.78, 5) is 0. The molecule has 6 heteroatoms. The molecule has 0 radical (unpaired) electrons. The van der Waals surface area contributed by atoms with Crippen molar-refractivity contribution in [3.8, 4) is 0 Å². The first kappa shape index (κ1) is 15.3. The van der Waals surface area contributed by atoms with Gasteiger partial charge in [-0.05, 0) is 30.5 Å². The normalized spacial score (nSPS) is 13.7. The first-order chi connectivity index (χ1) is 8.29. The Kier molecular flexibility index (Phi) is 5.44. The van der Waals surface area contributed by atoms with Gasteiger partial charge in [0.15, 0.2) is 0 Å². The van der Waals surface area contributed by atoms with Crippen LogP contribution in [0.25, 0.3) is 0 Å². The highest BCUT2D eigenvalue weighted by Crippen LogP contribution is 2.22. The Labute approximate surface area is 109 Å². The van der Waals surface area contributed by atoms with Crippen LogP contribution in [0, 0.1) is 6.92 Å². The number of halogens is 4. The molecule has 1 aromatic carbocycles. The van der Waals surface area contributed by atoms with Gasteiger partial charge in [0.1, 0.15) is 6.61 Å². The molecule has 2 N–H and O–H groups in total. The molecule has 1 atom stereocenters. The molecule has 0 amide bonds. The Morgan fingerprint density at radius 2 is 2.06 bits per heavy atom. The highest BCUT2D eigenvalue weighted by atomic mass is 35.5. The second-order valence-corrected chi connectivity index (χ2v) is 4.48. The summed E-state index contributed by atoms with van der Waals surface area (Å²) < 4.78 is 40.0. The van der Waals surface area contributed by atoms with E-state index >= 15 is 0 Å². The van der Waals surface area contributed by atoms with E-state index in [2.05, 4.69) is 4.74 Å². The van der Waals surface area contributed by atoms with Crippen LogP contribution >= 0.6 is 11.6 Å². The van der Waals surface area contributed by atoms with E-state index in [1.807, 2.05) is 19.1 Å².